The van der Waals surface area contributed by atoms with Crippen molar-refractivity contribution in [3.63, 3.8) is 0 Å². The fourth-order valence-electron chi connectivity index (χ4n) is 4.10. The lowest BCUT2D eigenvalue weighted by Gasteiger charge is -2.26. The number of hydrogen-bond acceptors (Lipinski definition) is 4. The highest BCUT2D eigenvalue weighted by Gasteiger charge is 2.24. The Morgan fingerprint density at radius 3 is 2.22 bits per heavy atom. The van der Waals surface area contributed by atoms with Gasteiger partial charge in [0.1, 0.15) is 5.75 Å². The van der Waals surface area contributed by atoms with Crippen LogP contribution in [0.25, 0.3) is 22.2 Å². The highest BCUT2D eigenvalue weighted by Crippen LogP contribution is 2.37. The van der Waals surface area contributed by atoms with Crippen molar-refractivity contribution in [2.45, 2.75) is 52.4 Å². The molecule has 0 saturated heterocycles. The third-order valence-corrected chi connectivity index (χ3v) is 6.21. The largest absolute Gasteiger partial charge is 0.507 e. The Hall–Kier alpha value is -3.99. The zero-order valence-electron chi connectivity index (χ0n) is 21.8. The van der Waals surface area contributed by atoms with Crippen LogP contribution >= 0.6 is 0 Å². The van der Waals surface area contributed by atoms with Crippen LogP contribution in [0.4, 0.5) is 0 Å². The van der Waals surface area contributed by atoms with Crippen molar-refractivity contribution in [2.24, 2.45) is 5.10 Å². The highest BCUT2D eigenvalue weighted by molar-refractivity contribution is 6.07. The molecule has 5 heteroatoms. The van der Waals surface area contributed by atoms with Gasteiger partial charge in [-0.1, -0.05) is 96.1 Å². The molecule has 0 aliphatic carbocycles. The van der Waals surface area contributed by atoms with Gasteiger partial charge in [-0.2, -0.15) is 5.10 Å². The van der Waals surface area contributed by atoms with Crippen molar-refractivity contribution in [1.29, 1.82) is 0 Å². The van der Waals surface area contributed by atoms with Gasteiger partial charge in [0.25, 0.3) is 5.91 Å². The molecule has 36 heavy (non-hydrogen) atoms. The molecule has 3 aromatic carbocycles. The predicted octanol–water partition coefficient (Wildman–Crippen LogP) is 6.97. The first-order valence-electron chi connectivity index (χ1n) is 12.1. The van der Waals surface area contributed by atoms with Gasteiger partial charge in [-0.25, -0.2) is 10.4 Å². The van der Waals surface area contributed by atoms with Crippen LogP contribution in [0.2, 0.25) is 0 Å². The fraction of sp³-hybridized carbons (Fsp3) is 0.258. The number of carbonyl (C=O) groups is 1. The number of fused-ring (bicyclic) bond motifs is 1. The van der Waals surface area contributed by atoms with Crippen molar-refractivity contribution in [3.8, 4) is 17.0 Å². The van der Waals surface area contributed by atoms with Crippen molar-refractivity contribution >= 4 is 23.0 Å². The third-order valence-electron chi connectivity index (χ3n) is 6.21. The van der Waals surface area contributed by atoms with Gasteiger partial charge in [0.2, 0.25) is 0 Å². The summed E-state index contributed by atoms with van der Waals surface area (Å²) < 4.78 is 0. The van der Waals surface area contributed by atoms with Crippen LogP contribution in [-0.2, 0) is 10.8 Å². The van der Waals surface area contributed by atoms with E-state index in [-0.39, 0.29) is 22.5 Å². The number of pyridine rings is 1. The zero-order valence-corrected chi connectivity index (χ0v) is 21.8. The van der Waals surface area contributed by atoms with Gasteiger partial charge in [-0.3, -0.25) is 4.79 Å². The van der Waals surface area contributed by atoms with Gasteiger partial charge in [0.05, 0.1) is 23.0 Å². The Bertz CT molecular complexity index is 1440. The summed E-state index contributed by atoms with van der Waals surface area (Å²) in [5, 5.41) is 16.0. The maximum Gasteiger partial charge on any atom is 0.272 e. The van der Waals surface area contributed by atoms with Crippen molar-refractivity contribution in [2.75, 3.05) is 0 Å². The monoisotopic (exact) mass is 479 g/mol. The molecule has 0 aliphatic rings. The number of phenolic OH excluding ortho intramolecular Hbond substituents is 1. The lowest BCUT2D eigenvalue weighted by atomic mass is 9.79. The fourth-order valence-corrected chi connectivity index (χ4v) is 4.10. The molecule has 0 saturated carbocycles. The second-order valence-corrected chi connectivity index (χ2v) is 11.1. The molecular weight excluding hydrogens is 446 g/mol. The molecule has 1 heterocycles. The molecule has 0 bridgehead atoms. The number of amides is 1. The third kappa shape index (κ3) is 5.30. The van der Waals surface area contributed by atoms with Gasteiger partial charge in [-0.15, -0.1) is 0 Å². The molecule has 4 rings (SSSR count). The number of para-hydroxylation sites is 1. The van der Waals surface area contributed by atoms with Crippen LogP contribution in [0.15, 0.2) is 77.9 Å². The average molecular weight is 480 g/mol. The molecule has 0 atom stereocenters. The van der Waals surface area contributed by atoms with Gasteiger partial charge in [0, 0.05) is 22.1 Å². The van der Waals surface area contributed by atoms with E-state index in [1.165, 1.54) is 6.21 Å². The van der Waals surface area contributed by atoms with Crippen molar-refractivity contribution < 1.29 is 9.90 Å². The Morgan fingerprint density at radius 1 is 0.889 bits per heavy atom. The number of nitrogens with zero attached hydrogens (tertiary/aromatic N) is 2. The number of hydrazone groups is 1. The Kier molecular flexibility index (Phi) is 6.68. The standard InChI is InChI=1S/C31H33N3O2/c1-30(2,3)22-16-21(28(35)25(17-22)31(4,5)6)19-32-34-29(36)24-18-27(20-12-8-7-9-13-20)33-26-15-11-10-14-23(24)26/h7-19,35H,1-6H3,(H,34,36)/b32-19-. The summed E-state index contributed by atoms with van der Waals surface area (Å²) in [5.41, 5.74) is 7.66. The second kappa shape index (κ2) is 9.57. The number of hydrogen-bond donors (Lipinski definition) is 2. The van der Waals surface area contributed by atoms with Gasteiger partial charge >= 0.3 is 0 Å². The number of aromatic nitrogens is 1. The van der Waals surface area contributed by atoms with Crippen LogP contribution < -0.4 is 5.43 Å². The van der Waals surface area contributed by atoms with E-state index in [2.05, 4.69) is 58.1 Å². The minimum absolute atomic E-state index is 0.108. The average Bonchev–Trinajstić information content (AvgIpc) is 2.83. The lowest BCUT2D eigenvalue weighted by Crippen LogP contribution is -2.19. The van der Waals surface area contributed by atoms with E-state index in [0.29, 0.717) is 16.8 Å². The molecule has 1 amide bonds. The topological polar surface area (TPSA) is 74.6 Å². The van der Waals surface area contributed by atoms with E-state index in [0.717, 1.165) is 27.6 Å². The van der Waals surface area contributed by atoms with Crippen LogP contribution in [-0.4, -0.2) is 22.2 Å². The van der Waals surface area contributed by atoms with E-state index in [1.54, 1.807) is 6.07 Å². The van der Waals surface area contributed by atoms with E-state index in [4.69, 9.17) is 4.98 Å². The minimum Gasteiger partial charge on any atom is -0.507 e. The number of phenols is 1. The first kappa shape index (κ1) is 25.1. The SMILES string of the molecule is CC(C)(C)c1cc(/C=N\NC(=O)c2cc(-c3ccccc3)nc3ccccc23)c(O)c(C(C)(C)C)c1. The summed E-state index contributed by atoms with van der Waals surface area (Å²) in [7, 11) is 0. The number of aromatic hydroxyl groups is 1. The Labute approximate surface area is 212 Å². The molecule has 0 spiro atoms. The van der Waals surface area contributed by atoms with Crippen LogP contribution in [0, 0.1) is 0 Å². The lowest BCUT2D eigenvalue weighted by molar-refractivity contribution is 0.0956. The maximum atomic E-state index is 13.3. The minimum atomic E-state index is -0.343. The number of nitrogens with one attached hydrogen (secondary N) is 1. The molecule has 0 unspecified atom stereocenters. The van der Waals surface area contributed by atoms with E-state index in [1.807, 2.05) is 60.7 Å². The molecule has 0 aliphatic heterocycles. The molecule has 2 N–H and O–H groups in total. The highest BCUT2D eigenvalue weighted by atomic mass is 16.3. The first-order valence-corrected chi connectivity index (χ1v) is 12.1. The summed E-state index contributed by atoms with van der Waals surface area (Å²) >= 11 is 0. The quantitative estimate of drug-likeness (QED) is 0.245. The van der Waals surface area contributed by atoms with Gasteiger partial charge < -0.3 is 5.11 Å². The number of benzene rings is 3. The molecule has 5 nitrogen and oxygen atoms in total. The summed E-state index contributed by atoms with van der Waals surface area (Å²) in [6.45, 7) is 12.6. The molecule has 0 fully saturated rings. The van der Waals surface area contributed by atoms with Crippen LogP contribution in [0.1, 0.15) is 68.6 Å². The summed E-state index contributed by atoms with van der Waals surface area (Å²) in [4.78, 5) is 18.0. The van der Waals surface area contributed by atoms with Crippen molar-refractivity contribution in [3.05, 3.63) is 95.1 Å². The van der Waals surface area contributed by atoms with Gasteiger partial charge in [-0.05, 0) is 34.6 Å². The predicted molar refractivity (Wildman–Crippen MR) is 148 cm³/mol. The molecular formula is C31H33N3O2. The number of rotatable bonds is 4. The summed E-state index contributed by atoms with van der Waals surface area (Å²) in [6, 6.07) is 23.1. The second-order valence-electron chi connectivity index (χ2n) is 11.1. The Morgan fingerprint density at radius 2 is 1.56 bits per heavy atom. The first-order chi connectivity index (χ1) is 16.9. The molecule has 4 aromatic rings. The maximum absolute atomic E-state index is 13.3. The zero-order chi connectivity index (χ0) is 26.1. The van der Waals surface area contributed by atoms with Crippen LogP contribution in [0.5, 0.6) is 5.75 Å². The van der Waals surface area contributed by atoms with Crippen LogP contribution in [0.3, 0.4) is 0 Å². The van der Waals surface area contributed by atoms with Gasteiger partial charge in [0.15, 0.2) is 0 Å². The molecule has 1 aromatic heterocycles. The smallest absolute Gasteiger partial charge is 0.272 e. The number of carbonyl (C=O) groups excluding carboxylic acids is 1. The summed E-state index contributed by atoms with van der Waals surface area (Å²) in [5.74, 6) is -0.168. The van der Waals surface area contributed by atoms with E-state index < -0.39 is 0 Å². The normalized spacial score (nSPS) is 12.3. The molecule has 0 radical (unpaired) electrons. The van der Waals surface area contributed by atoms with Crippen molar-refractivity contribution in [1.82, 2.24) is 10.4 Å². The van der Waals surface area contributed by atoms with E-state index in [9.17, 15) is 9.90 Å². The summed E-state index contributed by atoms with van der Waals surface area (Å²) in [6.07, 6.45) is 1.51. The molecule has 184 valence electrons. The van der Waals surface area contributed by atoms with E-state index >= 15 is 0 Å². The Balaban J connectivity index is 1.70.